The summed E-state index contributed by atoms with van der Waals surface area (Å²) >= 11 is 0. The van der Waals surface area contributed by atoms with E-state index in [1.54, 1.807) is 21.3 Å². The lowest BCUT2D eigenvalue weighted by Crippen LogP contribution is -2.44. The smallest absolute Gasteiger partial charge is 0.377 e. The van der Waals surface area contributed by atoms with Crippen LogP contribution in [0.1, 0.15) is 25.0 Å². The molecule has 1 atom stereocenters. The van der Waals surface area contributed by atoms with E-state index in [9.17, 15) is 0 Å². The van der Waals surface area contributed by atoms with Crippen LogP contribution in [0.5, 0.6) is 0 Å². The summed E-state index contributed by atoms with van der Waals surface area (Å²) in [5, 5.41) is 0. The molecule has 1 rings (SSSR count). The summed E-state index contributed by atoms with van der Waals surface area (Å²) in [6, 6.07) is 5.02. The highest BCUT2D eigenvalue weighted by molar-refractivity contribution is 6.60. The number of rotatable bonds is 7. The third-order valence-corrected chi connectivity index (χ3v) is 6.18. The lowest BCUT2D eigenvalue weighted by atomic mass is 10.1. The highest BCUT2D eigenvalue weighted by Gasteiger charge is 2.40. The van der Waals surface area contributed by atoms with E-state index in [2.05, 4.69) is 36.9 Å². The molecule has 1 aromatic heterocycles. The molecule has 0 aliphatic heterocycles. The average molecular weight is 257 g/mol. The van der Waals surface area contributed by atoms with Crippen LogP contribution < -0.4 is 0 Å². The molecule has 0 radical (unpaired) electrons. The fourth-order valence-electron chi connectivity index (χ4n) is 2.16. The van der Waals surface area contributed by atoms with Crippen molar-refractivity contribution in [2.75, 3.05) is 21.3 Å². The van der Waals surface area contributed by atoms with Gasteiger partial charge < -0.3 is 17.8 Å². The molecule has 1 unspecified atom stereocenters. The topological polar surface area (TPSA) is 32.6 Å². The Hall–Kier alpha value is -0.623. The van der Waals surface area contributed by atoms with E-state index < -0.39 is 8.80 Å². The second-order valence-electron chi connectivity index (χ2n) is 4.15. The molecular formula is C12H23NO3Si. The summed E-state index contributed by atoms with van der Waals surface area (Å²) in [5.41, 5.74) is 1.30. The number of aryl methyl sites for hydroxylation is 1. The Morgan fingerprint density at radius 2 is 1.82 bits per heavy atom. The second kappa shape index (κ2) is 6.35. The van der Waals surface area contributed by atoms with Crippen LogP contribution in [-0.2, 0) is 20.3 Å². The molecule has 0 aliphatic rings. The summed E-state index contributed by atoms with van der Waals surface area (Å²) in [7, 11) is 4.56. The summed E-state index contributed by atoms with van der Waals surface area (Å²) in [5.74, 6) is 0.404. The summed E-state index contributed by atoms with van der Waals surface area (Å²) in [6.45, 7) is 2.18. The van der Waals surface area contributed by atoms with Gasteiger partial charge in [0.15, 0.2) is 0 Å². The minimum Gasteiger partial charge on any atom is -0.377 e. The van der Waals surface area contributed by atoms with Gasteiger partial charge in [-0.25, -0.2) is 0 Å². The third kappa shape index (κ3) is 3.19. The molecule has 5 heteroatoms. The molecule has 0 aromatic carbocycles. The fraction of sp³-hybridized carbons (Fsp3) is 0.667. The van der Waals surface area contributed by atoms with Crippen molar-refractivity contribution in [1.29, 1.82) is 0 Å². The lowest BCUT2D eigenvalue weighted by Gasteiger charge is -2.28. The van der Waals surface area contributed by atoms with E-state index in [-0.39, 0.29) is 0 Å². The fourth-order valence-corrected chi connectivity index (χ4v) is 4.26. The predicted molar refractivity (Wildman–Crippen MR) is 70.0 cm³/mol. The molecule has 1 heterocycles. The number of nitrogens with zero attached hydrogens (tertiary/aromatic N) is 1. The molecule has 0 aliphatic carbocycles. The van der Waals surface area contributed by atoms with Gasteiger partial charge in [0.2, 0.25) is 0 Å². The zero-order valence-corrected chi connectivity index (χ0v) is 12.4. The van der Waals surface area contributed by atoms with Crippen LogP contribution in [0.2, 0.25) is 6.04 Å². The Labute approximate surface area is 105 Å². The van der Waals surface area contributed by atoms with Gasteiger partial charge in [0, 0.05) is 52.2 Å². The van der Waals surface area contributed by atoms with E-state index >= 15 is 0 Å². The van der Waals surface area contributed by atoms with Crippen LogP contribution in [-0.4, -0.2) is 34.7 Å². The Bertz CT molecular complexity index is 328. The van der Waals surface area contributed by atoms with E-state index in [0.29, 0.717) is 5.92 Å². The Kier molecular flexibility index (Phi) is 5.39. The number of aromatic nitrogens is 1. The molecule has 98 valence electrons. The zero-order chi connectivity index (χ0) is 12.9. The minimum absolute atomic E-state index is 0.404. The SMILES string of the molecule is CCC(C[Si](OC)(OC)OC)c1cccn1C. The summed E-state index contributed by atoms with van der Waals surface area (Å²) in [4.78, 5) is 0. The molecule has 0 bridgehead atoms. The monoisotopic (exact) mass is 257 g/mol. The number of hydrogen-bond donors (Lipinski definition) is 0. The Morgan fingerprint density at radius 3 is 2.18 bits per heavy atom. The molecule has 17 heavy (non-hydrogen) atoms. The van der Waals surface area contributed by atoms with Crippen LogP contribution in [0.3, 0.4) is 0 Å². The molecular weight excluding hydrogens is 234 g/mol. The van der Waals surface area contributed by atoms with E-state index in [1.807, 2.05) is 0 Å². The van der Waals surface area contributed by atoms with Crippen molar-refractivity contribution in [3.8, 4) is 0 Å². The highest BCUT2D eigenvalue weighted by atomic mass is 28.4. The van der Waals surface area contributed by atoms with Crippen molar-refractivity contribution in [3.63, 3.8) is 0 Å². The van der Waals surface area contributed by atoms with Gasteiger partial charge in [-0.05, 0) is 18.6 Å². The zero-order valence-electron chi connectivity index (χ0n) is 11.4. The van der Waals surface area contributed by atoms with Crippen molar-refractivity contribution < 1.29 is 13.3 Å². The predicted octanol–water partition coefficient (Wildman–Crippen LogP) is 2.40. The molecule has 4 nitrogen and oxygen atoms in total. The van der Waals surface area contributed by atoms with E-state index in [1.165, 1.54) is 5.69 Å². The van der Waals surface area contributed by atoms with Crippen LogP contribution in [0.25, 0.3) is 0 Å². The molecule has 0 amide bonds. The first-order chi connectivity index (χ1) is 8.12. The van der Waals surface area contributed by atoms with E-state index in [4.69, 9.17) is 13.3 Å². The maximum atomic E-state index is 5.49. The molecule has 0 saturated heterocycles. The molecule has 0 saturated carbocycles. The maximum Gasteiger partial charge on any atom is 0.500 e. The summed E-state index contributed by atoms with van der Waals surface area (Å²) in [6.07, 6.45) is 3.11. The first-order valence-electron chi connectivity index (χ1n) is 5.89. The van der Waals surface area contributed by atoms with Crippen molar-refractivity contribution >= 4 is 8.80 Å². The first kappa shape index (κ1) is 14.4. The van der Waals surface area contributed by atoms with Crippen molar-refractivity contribution in [3.05, 3.63) is 24.0 Å². The quantitative estimate of drug-likeness (QED) is 0.703. The average Bonchev–Trinajstić information content (AvgIpc) is 2.78. The highest BCUT2D eigenvalue weighted by Crippen LogP contribution is 2.30. The van der Waals surface area contributed by atoms with Gasteiger partial charge >= 0.3 is 8.80 Å². The van der Waals surface area contributed by atoms with Crippen molar-refractivity contribution in [1.82, 2.24) is 4.57 Å². The van der Waals surface area contributed by atoms with Gasteiger partial charge in [-0.1, -0.05) is 6.92 Å². The minimum atomic E-state index is -2.49. The first-order valence-corrected chi connectivity index (χ1v) is 7.82. The Balaban J connectivity index is 2.86. The number of hydrogen-bond acceptors (Lipinski definition) is 3. The largest absolute Gasteiger partial charge is 0.500 e. The molecule has 0 N–H and O–H groups in total. The van der Waals surface area contributed by atoms with Crippen LogP contribution >= 0.6 is 0 Å². The van der Waals surface area contributed by atoms with Crippen LogP contribution in [0, 0.1) is 0 Å². The van der Waals surface area contributed by atoms with Gasteiger partial charge in [0.25, 0.3) is 0 Å². The Morgan fingerprint density at radius 1 is 1.24 bits per heavy atom. The van der Waals surface area contributed by atoms with Gasteiger partial charge in [0.1, 0.15) is 0 Å². The van der Waals surface area contributed by atoms with Gasteiger partial charge in [-0.15, -0.1) is 0 Å². The van der Waals surface area contributed by atoms with Gasteiger partial charge in [-0.2, -0.15) is 0 Å². The van der Waals surface area contributed by atoms with Crippen LogP contribution in [0.4, 0.5) is 0 Å². The third-order valence-electron chi connectivity index (χ3n) is 3.32. The molecule has 0 fully saturated rings. The summed E-state index contributed by atoms with van der Waals surface area (Å²) < 4.78 is 18.6. The van der Waals surface area contributed by atoms with Gasteiger partial charge in [-0.3, -0.25) is 0 Å². The van der Waals surface area contributed by atoms with Crippen LogP contribution in [0.15, 0.2) is 18.3 Å². The molecule has 1 aromatic rings. The van der Waals surface area contributed by atoms with Gasteiger partial charge in [0.05, 0.1) is 0 Å². The van der Waals surface area contributed by atoms with E-state index in [0.717, 1.165) is 12.5 Å². The standard InChI is InChI=1S/C12H23NO3Si/c1-6-11(12-8-7-9-13(12)2)10-17(14-3,15-4)16-5/h7-9,11H,6,10H2,1-5H3. The normalized spacial score (nSPS) is 13.9. The second-order valence-corrected chi connectivity index (χ2v) is 7.15. The van der Waals surface area contributed by atoms with Crippen molar-refractivity contribution in [2.45, 2.75) is 25.3 Å². The molecule has 0 spiro atoms. The maximum absolute atomic E-state index is 5.49. The lowest BCUT2D eigenvalue weighted by molar-refractivity contribution is 0.121. The van der Waals surface area contributed by atoms with Crippen molar-refractivity contribution in [2.24, 2.45) is 7.05 Å².